The Hall–Kier alpha value is -2.93. The van der Waals surface area contributed by atoms with Crippen LogP contribution < -0.4 is 10.3 Å². The summed E-state index contributed by atoms with van der Waals surface area (Å²) in [5.41, 5.74) is 2.48. The molecule has 130 valence electrons. The van der Waals surface area contributed by atoms with Gasteiger partial charge in [-0.05, 0) is 18.2 Å². The summed E-state index contributed by atoms with van der Waals surface area (Å²) in [6.45, 7) is 0. The third kappa shape index (κ3) is 2.70. The smallest absolute Gasteiger partial charge is 0.262 e. The Morgan fingerprint density at radius 3 is 2.65 bits per heavy atom. The van der Waals surface area contributed by atoms with Crippen molar-refractivity contribution >= 4 is 27.0 Å². The van der Waals surface area contributed by atoms with Crippen LogP contribution >= 0.6 is 15.9 Å². The first-order chi connectivity index (χ1) is 12.6. The lowest BCUT2D eigenvalue weighted by molar-refractivity contribution is 0.416. The quantitative estimate of drug-likeness (QED) is 0.557. The molecule has 0 unspecified atom stereocenters. The summed E-state index contributed by atoms with van der Waals surface area (Å²) in [7, 11) is 3.36. The van der Waals surface area contributed by atoms with E-state index in [0.717, 1.165) is 10.0 Å². The van der Waals surface area contributed by atoms with Crippen molar-refractivity contribution in [3.8, 4) is 28.4 Å². The summed E-state index contributed by atoms with van der Waals surface area (Å²) < 4.78 is 7.93. The number of benzene rings is 2. The van der Waals surface area contributed by atoms with Gasteiger partial charge in [0.1, 0.15) is 22.7 Å². The zero-order chi connectivity index (χ0) is 18.3. The number of nitrogens with zero attached hydrogens (tertiary/aromatic N) is 3. The van der Waals surface area contributed by atoms with Crippen LogP contribution in [0.5, 0.6) is 5.75 Å². The topological polar surface area (TPSA) is 72.8 Å². The molecule has 1 N–H and O–H groups in total. The van der Waals surface area contributed by atoms with Crippen LogP contribution in [0.4, 0.5) is 0 Å². The second-order valence-electron chi connectivity index (χ2n) is 5.80. The third-order valence-electron chi connectivity index (χ3n) is 4.16. The average Bonchev–Trinajstić information content (AvgIpc) is 2.99. The van der Waals surface area contributed by atoms with Crippen molar-refractivity contribution in [2.24, 2.45) is 7.05 Å². The van der Waals surface area contributed by atoms with Gasteiger partial charge in [0.15, 0.2) is 5.65 Å². The predicted octanol–water partition coefficient (Wildman–Crippen LogP) is 3.76. The highest BCUT2D eigenvalue weighted by atomic mass is 79.9. The molecule has 0 aliphatic rings. The van der Waals surface area contributed by atoms with Crippen LogP contribution in [-0.4, -0.2) is 26.9 Å². The van der Waals surface area contributed by atoms with Gasteiger partial charge in [-0.2, -0.15) is 5.10 Å². The largest absolute Gasteiger partial charge is 0.496 e. The lowest BCUT2D eigenvalue weighted by Crippen LogP contribution is -2.10. The number of nitrogens with one attached hydrogen (secondary N) is 1. The molecule has 0 atom stereocenters. The zero-order valence-electron chi connectivity index (χ0n) is 14.2. The van der Waals surface area contributed by atoms with Crippen LogP contribution in [-0.2, 0) is 7.05 Å². The number of ether oxygens (including phenoxy) is 1. The van der Waals surface area contributed by atoms with Gasteiger partial charge in [-0.15, -0.1) is 0 Å². The zero-order valence-corrected chi connectivity index (χ0v) is 15.7. The molecule has 0 fully saturated rings. The van der Waals surface area contributed by atoms with Gasteiger partial charge in [0, 0.05) is 17.1 Å². The molecule has 0 bridgehead atoms. The molecule has 6 nitrogen and oxygen atoms in total. The summed E-state index contributed by atoms with van der Waals surface area (Å²) in [5.74, 6) is 1.06. The molecule has 0 spiro atoms. The fourth-order valence-corrected chi connectivity index (χ4v) is 3.28. The minimum Gasteiger partial charge on any atom is -0.496 e. The monoisotopic (exact) mass is 410 g/mol. The van der Waals surface area contributed by atoms with Crippen molar-refractivity contribution in [2.75, 3.05) is 7.11 Å². The molecule has 2 aromatic carbocycles. The highest BCUT2D eigenvalue weighted by Gasteiger charge is 2.18. The Morgan fingerprint density at radius 2 is 1.92 bits per heavy atom. The molecule has 0 aliphatic heterocycles. The lowest BCUT2D eigenvalue weighted by Gasteiger charge is -2.08. The van der Waals surface area contributed by atoms with Gasteiger partial charge in [0.05, 0.1) is 12.7 Å². The van der Waals surface area contributed by atoms with Crippen LogP contribution in [0.2, 0.25) is 0 Å². The molecule has 2 heterocycles. The van der Waals surface area contributed by atoms with E-state index in [1.165, 1.54) is 0 Å². The van der Waals surface area contributed by atoms with Crippen molar-refractivity contribution in [3.63, 3.8) is 0 Å². The van der Waals surface area contributed by atoms with Crippen LogP contribution in [0.25, 0.3) is 33.7 Å². The van der Waals surface area contributed by atoms with Gasteiger partial charge in [-0.25, -0.2) is 9.67 Å². The second kappa shape index (κ2) is 6.42. The van der Waals surface area contributed by atoms with E-state index >= 15 is 0 Å². The third-order valence-corrected chi connectivity index (χ3v) is 4.65. The van der Waals surface area contributed by atoms with E-state index in [1.807, 2.05) is 48.5 Å². The molecular formula is C19H15BrN4O2. The Balaban J connectivity index is 1.97. The van der Waals surface area contributed by atoms with Gasteiger partial charge < -0.3 is 9.72 Å². The standard InChI is InChI=1S/C19H15BrN4O2/c1-24-18-15(16(23-24)11-6-4-3-5-7-11)19(25)22-17(21-18)13-9-8-12(20)10-14(13)26-2/h3-10H,1-2H3,(H,21,22,25). The summed E-state index contributed by atoms with van der Waals surface area (Å²) in [5, 5.41) is 4.98. The van der Waals surface area contributed by atoms with Crippen LogP contribution in [0, 0.1) is 0 Å². The van der Waals surface area contributed by atoms with Gasteiger partial charge >= 0.3 is 0 Å². The summed E-state index contributed by atoms with van der Waals surface area (Å²) in [6.07, 6.45) is 0. The van der Waals surface area contributed by atoms with E-state index in [4.69, 9.17) is 4.74 Å². The van der Waals surface area contributed by atoms with Crippen LogP contribution in [0.15, 0.2) is 57.8 Å². The van der Waals surface area contributed by atoms with Crippen molar-refractivity contribution < 1.29 is 4.74 Å². The number of aromatic nitrogens is 4. The molecule has 7 heteroatoms. The molecule has 0 radical (unpaired) electrons. The molecule has 4 rings (SSSR count). The minimum absolute atomic E-state index is 0.234. The van der Waals surface area contributed by atoms with E-state index in [-0.39, 0.29) is 5.56 Å². The number of methoxy groups -OCH3 is 1. The SMILES string of the molecule is COc1cc(Br)ccc1-c1nc2c(c(-c3ccccc3)nn2C)c(=O)[nH]1. The summed E-state index contributed by atoms with van der Waals surface area (Å²) in [6, 6.07) is 15.2. The van der Waals surface area contributed by atoms with E-state index < -0.39 is 0 Å². The Kier molecular flexibility index (Phi) is 4.08. The van der Waals surface area contributed by atoms with Crippen molar-refractivity contribution in [1.29, 1.82) is 0 Å². The highest BCUT2D eigenvalue weighted by Crippen LogP contribution is 2.31. The molecule has 2 aromatic heterocycles. The van der Waals surface area contributed by atoms with Crippen molar-refractivity contribution in [3.05, 3.63) is 63.4 Å². The van der Waals surface area contributed by atoms with E-state index in [1.54, 1.807) is 18.8 Å². The summed E-state index contributed by atoms with van der Waals surface area (Å²) >= 11 is 3.42. The number of hydrogen-bond acceptors (Lipinski definition) is 4. The van der Waals surface area contributed by atoms with Crippen LogP contribution in [0.3, 0.4) is 0 Å². The van der Waals surface area contributed by atoms with Gasteiger partial charge in [-0.1, -0.05) is 46.3 Å². The van der Waals surface area contributed by atoms with Gasteiger partial charge in [0.25, 0.3) is 5.56 Å². The second-order valence-corrected chi connectivity index (χ2v) is 6.71. The molecule has 0 saturated heterocycles. The Bertz CT molecular complexity index is 1170. The molecule has 0 aliphatic carbocycles. The highest BCUT2D eigenvalue weighted by molar-refractivity contribution is 9.10. The predicted molar refractivity (Wildman–Crippen MR) is 104 cm³/mol. The van der Waals surface area contributed by atoms with E-state index in [9.17, 15) is 4.79 Å². The van der Waals surface area contributed by atoms with Gasteiger partial charge in [-0.3, -0.25) is 4.79 Å². The minimum atomic E-state index is -0.234. The number of aromatic amines is 1. The number of H-pyrrole nitrogens is 1. The molecule has 0 amide bonds. The fraction of sp³-hybridized carbons (Fsp3) is 0.105. The maximum atomic E-state index is 12.8. The first-order valence-corrected chi connectivity index (χ1v) is 8.74. The fourth-order valence-electron chi connectivity index (χ4n) is 2.94. The number of fused-ring (bicyclic) bond motifs is 1. The van der Waals surface area contributed by atoms with Crippen LogP contribution in [0.1, 0.15) is 0 Å². The molecule has 4 aromatic rings. The number of hydrogen-bond donors (Lipinski definition) is 1. The van der Waals surface area contributed by atoms with Crippen molar-refractivity contribution in [1.82, 2.24) is 19.7 Å². The normalized spacial score (nSPS) is 11.0. The number of aryl methyl sites for hydroxylation is 1. The number of rotatable bonds is 3. The maximum Gasteiger partial charge on any atom is 0.262 e. The molecule has 0 saturated carbocycles. The first-order valence-electron chi connectivity index (χ1n) is 7.95. The van der Waals surface area contributed by atoms with Crippen molar-refractivity contribution in [2.45, 2.75) is 0 Å². The number of halogens is 1. The Morgan fingerprint density at radius 1 is 1.15 bits per heavy atom. The summed E-state index contributed by atoms with van der Waals surface area (Å²) in [4.78, 5) is 20.4. The van der Waals surface area contributed by atoms with E-state index in [2.05, 4.69) is 31.0 Å². The lowest BCUT2D eigenvalue weighted by atomic mass is 10.1. The average molecular weight is 411 g/mol. The molecular weight excluding hydrogens is 396 g/mol. The maximum absolute atomic E-state index is 12.8. The first kappa shape index (κ1) is 16.5. The van der Waals surface area contributed by atoms with E-state index in [0.29, 0.717) is 33.9 Å². The molecule has 26 heavy (non-hydrogen) atoms. The Labute approximate surface area is 157 Å². The van der Waals surface area contributed by atoms with Gasteiger partial charge in [0.2, 0.25) is 0 Å².